The van der Waals surface area contributed by atoms with Crippen LogP contribution >= 0.6 is 11.3 Å². The third-order valence-electron chi connectivity index (χ3n) is 8.80. The van der Waals surface area contributed by atoms with Crippen molar-refractivity contribution in [1.82, 2.24) is 29.0 Å². The Labute approximate surface area is 274 Å². The minimum absolute atomic E-state index is 0.0329. The van der Waals surface area contributed by atoms with Crippen LogP contribution in [-0.2, 0) is 26.4 Å². The summed E-state index contributed by atoms with van der Waals surface area (Å²) in [5, 5.41) is 18.8. The normalized spacial score (nSPS) is 16.7. The number of fused-ring (bicyclic) bond motifs is 1. The fourth-order valence-electron chi connectivity index (χ4n) is 6.39. The van der Waals surface area contributed by atoms with Crippen molar-refractivity contribution in [1.29, 1.82) is 0 Å². The molecule has 47 heavy (non-hydrogen) atoms. The van der Waals surface area contributed by atoms with E-state index in [-0.39, 0.29) is 37.2 Å². The van der Waals surface area contributed by atoms with Gasteiger partial charge in [-0.3, -0.25) is 14.2 Å². The zero-order valence-corrected chi connectivity index (χ0v) is 27.5. The molecule has 252 valence electrons. The van der Waals surface area contributed by atoms with E-state index in [1.54, 1.807) is 25.7 Å². The molecule has 3 aromatic heterocycles. The number of carbonyl (C=O) groups excluding carboxylic acids is 1. The summed E-state index contributed by atoms with van der Waals surface area (Å²) in [4.78, 5) is 46.3. The summed E-state index contributed by atoms with van der Waals surface area (Å²) >= 11 is 1.17. The van der Waals surface area contributed by atoms with E-state index in [0.29, 0.717) is 65.9 Å². The van der Waals surface area contributed by atoms with Gasteiger partial charge in [0.25, 0.3) is 5.56 Å². The number of aliphatic hydroxyl groups is 1. The number of hydrogen-bond donors (Lipinski definition) is 1. The lowest BCUT2D eigenvalue weighted by molar-refractivity contribution is -0.138. The van der Waals surface area contributed by atoms with Gasteiger partial charge in [-0.05, 0) is 64.7 Å². The van der Waals surface area contributed by atoms with E-state index in [4.69, 9.17) is 14.2 Å². The van der Waals surface area contributed by atoms with Crippen molar-refractivity contribution < 1.29 is 28.5 Å². The van der Waals surface area contributed by atoms with Gasteiger partial charge in [-0.2, -0.15) is 10.2 Å². The smallest absolute Gasteiger partial charge is 0.333 e. The molecule has 13 nitrogen and oxygen atoms in total. The molecule has 1 atom stereocenters. The number of thiophene rings is 1. The maximum atomic E-state index is 14.9. The molecule has 5 heterocycles. The van der Waals surface area contributed by atoms with Gasteiger partial charge in [0, 0.05) is 37.4 Å². The fraction of sp³-hybridized carbons (Fsp3) is 0.531. The zero-order valence-electron chi connectivity index (χ0n) is 26.7. The van der Waals surface area contributed by atoms with Gasteiger partial charge in [-0.1, -0.05) is 11.3 Å². The second-order valence-corrected chi connectivity index (χ2v) is 13.3. The second kappa shape index (κ2) is 13.7. The number of carbonyl (C=O) groups is 1. The Kier molecular flexibility index (Phi) is 9.60. The number of aromatic nitrogens is 5. The van der Waals surface area contributed by atoms with Crippen LogP contribution in [0.5, 0.6) is 5.75 Å². The van der Waals surface area contributed by atoms with E-state index < -0.39 is 28.7 Å². The number of nitrogens with zero attached hydrogens (tertiary/aromatic N) is 6. The Bertz CT molecular complexity index is 1860. The van der Waals surface area contributed by atoms with Crippen LogP contribution in [0.4, 0.5) is 4.39 Å². The van der Waals surface area contributed by atoms with Crippen LogP contribution in [0.15, 0.2) is 40.2 Å². The van der Waals surface area contributed by atoms with Gasteiger partial charge in [0.05, 0.1) is 37.0 Å². The first-order valence-corrected chi connectivity index (χ1v) is 16.6. The fourth-order valence-corrected chi connectivity index (χ4v) is 7.61. The third kappa shape index (κ3) is 6.36. The number of ether oxygens (including phenoxy) is 3. The van der Waals surface area contributed by atoms with Gasteiger partial charge in [-0.15, -0.1) is 4.80 Å². The second-order valence-electron chi connectivity index (χ2n) is 12.3. The quantitative estimate of drug-likeness (QED) is 0.255. The molecule has 2 fully saturated rings. The summed E-state index contributed by atoms with van der Waals surface area (Å²) in [6, 6.07) is 4.02. The topological polar surface area (TPSA) is 143 Å². The first kappa shape index (κ1) is 33.0. The number of rotatable bonds is 11. The van der Waals surface area contributed by atoms with E-state index in [2.05, 4.69) is 10.2 Å². The molecule has 6 rings (SSSR count). The predicted octanol–water partition coefficient (Wildman–Crippen LogP) is 2.92. The molecule has 0 aliphatic carbocycles. The molecule has 2 saturated heterocycles. The number of amides is 1. The van der Waals surface area contributed by atoms with Crippen LogP contribution in [-0.4, -0.2) is 85.7 Å². The largest absolute Gasteiger partial charge is 0.491 e. The molecule has 0 bridgehead atoms. The number of aryl methyl sites for hydroxylation is 1. The summed E-state index contributed by atoms with van der Waals surface area (Å²) in [6.07, 6.45) is 4.74. The van der Waals surface area contributed by atoms with Crippen LogP contribution in [0, 0.1) is 12.7 Å². The van der Waals surface area contributed by atoms with Crippen molar-refractivity contribution in [3.63, 3.8) is 0 Å². The molecule has 0 spiro atoms. The number of halogens is 1. The first-order chi connectivity index (χ1) is 22.6. The van der Waals surface area contributed by atoms with Crippen molar-refractivity contribution in [2.24, 2.45) is 0 Å². The van der Waals surface area contributed by atoms with Gasteiger partial charge in [0.1, 0.15) is 39.6 Å². The Hall–Kier alpha value is -3.92. The molecule has 1 N–H and O–H groups in total. The van der Waals surface area contributed by atoms with Crippen LogP contribution in [0.1, 0.15) is 56.8 Å². The van der Waals surface area contributed by atoms with E-state index >= 15 is 0 Å². The van der Waals surface area contributed by atoms with Crippen LogP contribution in [0.3, 0.4) is 0 Å². The lowest BCUT2D eigenvalue weighted by Crippen LogP contribution is -2.56. The highest BCUT2D eigenvalue weighted by atomic mass is 32.1. The van der Waals surface area contributed by atoms with Crippen molar-refractivity contribution in [3.8, 4) is 10.8 Å². The highest BCUT2D eigenvalue weighted by Gasteiger charge is 2.39. The van der Waals surface area contributed by atoms with Gasteiger partial charge >= 0.3 is 5.69 Å². The molecule has 1 amide bonds. The number of aliphatic hydroxyl groups excluding tert-OH is 1. The van der Waals surface area contributed by atoms with Crippen molar-refractivity contribution in [2.75, 3.05) is 39.5 Å². The summed E-state index contributed by atoms with van der Waals surface area (Å²) < 4.78 is 35.3. The molecular weight excluding hydrogens is 631 g/mol. The monoisotopic (exact) mass is 670 g/mol. The number of likely N-dealkylation sites (tertiary alicyclic amines) is 1. The molecule has 4 aromatic rings. The van der Waals surface area contributed by atoms with Gasteiger partial charge in [0.2, 0.25) is 5.91 Å². The highest BCUT2D eigenvalue weighted by molar-refractivity contribution is 7.21. The maximum absolute atomic E-state index is 14.9. The van der Waals surface area contributed by atoms with E-state index in [0.717, 1.165) is 17.4 Å². The molecule has 0 unspecified atom stereocenters. The predicted molar refractivity (Wildman–Crippen MR) is 172 cm³/mol. The van der Waals surface area contributed by atoms with Gasteiger partial charge < -0.3 is 24.2 Å². The minimum Gasteiger partial charge on any atom is -0.491 e. The molecule has 1 aromatic carbocycles. The minimum atomic E-state index is -1.52. The molecule has 2 aliphatic heterocycles. The van der Waals surface area contributed by atoms with Gasteiger partial charge in [0.15, 0.2) is 0 Å². The summed E-state index contributed by atoms with van der Waals surface area (Å²) in [5.74, 6) is -0.555. The molecular formula is C32H39FN6O7S. The molecule has 15 heteroatoms. The Morgan fingerprint density at radius 1 is 1.17 bits per heavy atom. The highest BCUT2D eigenvalue weighted by Crippen LogP contribution is 2.36. The van der Waals surface area contributed by atoms with Crippen molar-refractivity contribution in [3.05, 3.63) is 68.4 Å². The lowest BCUT2D eigenvalue weighted by Gasteiger charge is -2.32. The SMILES string of the molecule is Cc1c(-n2nccn2)sc2c1c(=O)n(C(C)(C)C(=O)N1CCCC1)c(=O)n2C[C@H](OC1CCOCC1)c1cc(F)ccc1OCCO. The zero-order chi connectivity index (χ0) is 33.3. The average Bonchev–Trinajstić information content (AvgIpc) is 3.84. The Balaban J connectivity index is 1.57. The standard InChI is InChI=1S/C32H39FN6O7S/c1-20-26-27(41)38(32(2,3)30(42)36-12-4-5-13-36)31(43)37(29(26)47-28(20)39-34-10-11-35-39)19-25(46-22-8-15-44-16-9-22)23-18-21(33)6-7-24(23)45-17-14-40/h6-7,10-11,18,22,25,40H,4-5,8-9,12-17,19H2,1-3H3/t25-/m0/s1. The Morgan fingerprint density at radius 3 is 2.55 bits per heavy atom. The summed E-state index contributed by atoms with van der Waals surface area (Å²) in [5.41, 5.74) is -1.91. The van der Waals surface area contributed by atoms with E-state index in [1.807, 2.05) is 0 Å². The number of hydrogen-bond acceptors (Lipinski definition) is 10. The third-order valence-corrected chi connectivity index (χ3v) is 10.1. The van der Waals surface area contributed by atoms with Gasteiger partial charge in [-0.25, -0.2) is 13.8 Å². The molecule has 0 radical (unpaired) electrons. The summed E-state index contributed by atoms with van der Waals surface area (Å²) in [7, 11) is 0. The first-order valence-electron chi connectivity index (χ1n) is 15.8. The lowest BCUT2D eigenvalue weighted by atomic mass is 10.0. The van der Waals surface area contributed by atoms with Crippen LogP contribution in [0.2, 0.25) is 0 Å². The summed E-state index contributed by atoms with van der Waals surface area (Å²) in [6.45, 7) is 6.60. The maximum Gasteiger partial charge on any atom is 0.333 e. The molecule has 2 aliphatic rings. The van der Waals surface area contributed by atoms with E-state index in [1.165, 1.54) is 51.3 Å². The van der Waals surface area contributed by atoms with E-state index in [9.17, 15) is 23.9 Å². The average molecular weight is 671 g/mol. The Morgan fingerprint density at radius 2 is 1.87 bits per heavy atom. The molecule has 0 saturated carbocycles. The van der Waals surface area contributed by atoms with Crippen molar-refractivity contribution in [2.45, 2.75) is 70.7 Å². The van der Waals surface area contributed by atoms with Crippen LogP contribution in [0.25, 0.3) is 15.2 Å². The number of benzene rings is 1. The van der Waals surface area contributed by atoms with Crippen LogP contribution < -0.4 is 16.0 Å². The van der Waals surface area contributed by atoms with Crippen molar-refractivity contribution >= 4 is 27.5 Å².